The summed E-state index contributed by atoms with van der Waals surface area (Å²) < 4.78 is 0. The van der Waals surface area contributed by atoms with Crippen LogP contribution in [0.5, 0.6) is 0 Å². The first-order valence-electron chi connectivity index (χ1n) is 15.2. The summed E-state index contributed by atoms with van der Waals surface area (Å²) in [7, 11) is 0. The van der Waals surface area contributed by atoms with E-state index in [4.69, 9.17) is 0 Å². The van der Waals surface area contributed by atoms with Crippen LogP contribution in [-0.2, 0) is 0 Å². The lowest BCUT2D eigenvalue weighted by Gasteiger charge is -2.37. The lowest BCUT2D eigenvalue weighted by atomic mass is 9.65. The first-order valence-corrected chi connectivity index (χ1v) is 15.2. The van der Waals surface area contributed by atoms with E-state index in [9.17, 15) is 0 Å². The van der Waals surface area contributed by atoms with Gasteiger partial charge in [-0.05, 0) is 80.2 Å². The Labute approximate surface area is 256 Å². The van der Waals surface area contributed by atoms with Crippen molar-refractivity contribution >= 4 is 22.3 Å². The molecule has 0 nitrogen and oxygen atoms in total. The minimum atomic E-state index is 0.947. The van der Waals surface area contributed by atoms with Gasteiger partial charge in [0.1, 0.15) is 0 Å². The largest absolute Gasteiger partial charge is 0.0871 e. The summed E-state index contributed by atoms with van der Waals surface area (Å²) >= 11 is 0. The lowest BCUT2D eigenvalue weighted by Crippen LogP contribution is -2.17. The molecule has 5 aromatic rings. The van der Waals surface area contributed by atoms with E-state index in [0.717, 1.165) is 6.42 Å². The molecule has 208 valence electrons. The minimum absolute atomic E-state index is 0.947. The van der Waals surface area contributed by atoms with Crippen LogP contribution in [0.1, 0.15) is 48.1 Å². The Kier molecular flexibility index (Phi) is 8.57. The van der Waals surface area contributed by atoms with E-state index in [0.29, 0.717) is 0 Å². The molecule has 1 aliphatic rings. The van der Waals surface area contributed by atoms with Crippen molar-refractivity contribution in [2.45, 2.75) is 20.3 Å². The topological polar surface area (TPSA) is 0 Å². The molecule has 0 bridgehead atoms. The maximum atomic E-state index is 2.36. The fourth-order valence-corrected chi connectivity index (χ4v) is 6.10. The second-order valence-corrected chi connectivity index (χ2v) is 10.6. The highest BCUT2D eigenvalue weighted by atomic mass is 14.4. The number of hydrogen-bond donors (Lipinski definition) is 0. The molecule has 0 saturated carbocycles. The van der Waals surface area contributed by atoms with E-state index < -0.39 is 0 Å². The molecule has 0 fully saturated rings. The van der Waals surface area contributed by atoms with Gasteiger partial charge in [0, 0.05) is 0 Å². The maximum absolute atomic E-state index is 2.36. The van der Waals surface area contributed by atoms with Gasteiger partial charge in [0.25, 0.3) is 0 Å². The molecular weight excluding hydrogens is 516 g/mol. The molecule has 0 aliphatic heterocycles. The van der Waals surface area contributed by atoms with Crippen molar-refractivity contribution in [1.29, 1.82) is 0 Å². The van der Waals surface area contributed by atoms with Gasteiger partial charge in [-0.1, -0.05) is 177 Å². The second kappa shape index (κ2) is 13.2. The normalized spacial score (nSPS) is 14.6. The molecule has 0 heterocycles. The van der Waals surface area contributed by atoms with Gasteiger partial charge >= 0.3 is 0 Å². The quantitative estimate of drug-likeness (QED) is 0.168. The molecule has 0 unspecified atom stereocenters. The number of rotatable bonds is 8. The zero-order valence-electron chi connectivity index (χ0n) is 24.9. The van der Waals surface area contributed by atoms with Crippen LogP contribution in [-0.4, -0.2) is 0 Å². The first kappa shape index (κ1) is 27.9. The zero-order chi connectivity index (χ0) is 29.4. The van der Waals surface area contributed by atoms with Gasteiger partial charge in [0.15, 0.2) is 0 Å². The highest BCUT2D eigenvalue weighted by Gasteiger charge is 2.37. The minimum Gasteiger partial charge on any atom is -0.0871 e. The predicted octanol–water partition coefficient (Wildman–Crippen LogP) is 11.5. The third-order valence-corrected chi connectivity index (χ3v) is 7.87. The summed E-state index contributed by atoms with van der Waals surface area (Å²) in [5, 5.41) is 0. The van der Waals surface area contributed by atoms with Crippen molar-refractivity contribution in [3.8, 4) is 0 Å². The molecular formula is C43H36. The maximum Gasteiger partial charge on any atom is -0.000139 e. The molecule has 0 aromatic heterocycles. The molecule has 6 rings (SSSR count). The standard InChI is InChI=1S/C43H36/c1-3-20-32(21-4-2)38(33-22-10-5-11-23-33)42-40(36-28-16-8-17-29-36)41(37-30-18-9-19-31-37)43(42)39(34-24-12-6-13-25-34)35-26-14-7-15-27-35/h3,5-31H,4H2,1-2H3/b20-3-,32-21+,42-38-. The SMILES string of the molecule is C\C=C/C(=C\CC)C(=C1/C(=C(c2ccccc2)c2ccccc2)C(c2ccccc2)=C1c1ccccc1)/c1ccccc1. The lowest BCUT2D eigenvalue weighted by molar-refractivity contribution is 1.21. The van der Waals surface area contributed by atoms with Gasteiger partial charge in [-0.25, -0.2) is 0 Å². The van der Waals surface area contributed by atoms with E-state index in [-0.39, 0.29) is 0 Å². The van der Waals surface area contributed by atoms with E-state index >= 15 is 0 Å². The third-order valence-electron chi connectivity index (χ3n) is 7.87. The van der Waals surface area contributed by atoms with Crippen LogP contribution in [0.2, 0.25) is 0 Å². The molecule has 0 saturated heterocycles. The molecule has 5 aromatic carbocycles. The Morgan fingerprint density at radius 3 is 1.30 bits per heavy atom. The van der Waals surface area contributed by atoms with Gasteiger partial charge < -0.3 is 0 Å². The van der Waals surface area contributed by atoms with Crippen LogP contribution in [0.25, 0.3) is 22.3 Å². The first-order chi connectivity index (χ1) is 21.3. The van der Waals surface area contributed by atoms with Crippen LogP contribution in [0.3, 0.4) is 0 Å². The summed E-state index contributed by atoms with van der Waals surface area (Å²) in [6.45, 7) is 4.33. The molecule has 0 spiro atoms. The van der Waals surface area contributed by atoms with Gasteiger partial charge in [0.2, 0.25) is 0 Å². The van der Waals surface area contributed by atoms with Gasteiger partial charge in [-0.3, -0.25) is 0 Å². The second-order valence-electron chi connectivity index (χ2n) is 10.6. The van der Waals surface area contributed by atoms with Gasteiger partial charge in [-0.15, -0.1) is 0 Å². The van der Waals surface area contributed by atoms with Crippen molar-refractivity contribution in [3.63, 3.8) is 0 Å². The van der Waals surface area contributed by atoms with Gasteiger partial charge in [-0.2, -0.15) is 0 Å². The van der Waals surface area contributed by atoms with E-state index in [1.54, 1.807) is 0 Å². The molecule has 43 heavy (non-hydrogen) atoms. The van der Waals surface area contributed by atoms with E-state index in [1.165, 1.54) is 66.8 Å². The van der Waals surface area contributed by atoms with Crippen LogP contribution in [0.4, 0.5) is 0 Å². The summed E-state index contributed by atoms with van der Waals surface area (Å²) in [5.74, 6) is 0. The van der Waals surface area contributed by atoms with Crippen molar-refractivity contribution in [1.82, 2.24) is 0 Å². The zero-order valence-corrected chi connectivity index (χ0v) is 24.9. The average molecular weight is 553 g/mol. The summed E-state index contributed by atoms with van der Waals surface area (Å²) in [6, 6.07) is 54.4. The average Bonchev–Trinajstić information content (AvgIpc) is 3.07. The Hall–Kier alpha value is -5.20. The highest BCUT2D eigenvalue weighted by Crippen LogP contribution is 2.58. The van der Waals surface area contributed by atoms with Crippen molar-refractivity contribution < 1.29 is 0 Å². The molecule has 0 heteroatoms. The van der Waals surface area contributed by atoms with Crippen LogP contribution in [0, 0.1) is 0 Å². The molecule has 0 radical (unpaired) electrons. The van der Waals surface area contributed by atoms with Crippen molar-refractivity contribution in [2.24, 2.45) is 0 Å². The number of benzene rings is 5. The van der Waals surface area contributed by atoms with E-state index in [1.807, 2.05) is 0 Å². The number of allylic oxidation sites excluding steroid dienone is 9. The predicted molar refractivity (Wildman–Crippen MR) is 185 cm³/mol. The molecule has 1 aliphatic carbocycles. The fraction of sp³-hybridized carbons (Fsp3) is 0.0698. The van der Waals surface area contributed by atoms with Gasteiger partial charge in [0.05, 0.1) is 0 Å². The Balaban J connectivity index is 1.87. The Morgan fingerprint density at radius 2 is 0.884 bits per heavy atom. The van der Waals surface area contributed by atoms with Crippen LogP contribution in [0.15, 0.2) is 187 Å². The van der Waals surface area contributed by atoms with Crippen LogP contribution < -0.4 is 0 Å². The van der Waals surface area contributed by atoms with E-state index in [2.05, 4.69) is 184 Å². The van der Waals surface area contributed by atoms with Crippen LogP contribution >= 0.6 is 0 Å². The van der Waals surface area contributed by atoms with Crippen molar-refractivity contribution in [3.05, 3.63) is 214 Å². The third kappa shape index (κ3) is 5.65. The Morgan fingerprint density at radius 1 is 0.488 bits per heavy atom. The monoisotopic (exact) mass is 552 g/mol. The fourth-order valence-electron chi connectivity index (χ4n) is 6.10. The van der Waals surface area contributed by atoms with Crippen molar-refractivity contribution in [2.75, 3.05) is 0 Å². The summed E-state index contributed by atoms with van der Waals surface area (Å²) in [4.78, 5) is 0. The highest BCUT2D eigenvalue weighted by molar-refractivity contribution is 6.26. The number of hydrogen-bond acceptors (Lipinski definition) is 0. The summed E-state index contributed by atoms with van der Waals surface area (Å²) in [5.41, 5.74) is 15.0. The summed E-state index contributed by atoms with van der Waals surface area (Å²) in [6.07, 6.45) is 7.74. The molecule has 0 N–H and O–H groups in total. The molecule has 0 atom stereocenters. The Bertz CT molecular complexity index is 1790. The smallest absolute Gasteiger partial charge is 0.000139 e. The molecule has 0 amide bonds.